The molecular formula is C16H20N2O3. The molecule has 5 nitrogen and oxygen atoms in total. The molecule has 1 aromatic heterocycles. The third-order valence-electron chi connectivity index (χ3n) is 3.31. The normalized spacial score (nSPS) is 10.4. The molecule has 1 heterocycles. The number of benzene rings is 1. The number of carbonyl (C=O) groups is 1. The number of aliphatic hydroxyl groups excluding tert-OH is 1. The van der Waals surface area contributed by atoms with E-state index in [0.717, 1.165) is 28.2 Å². The fourth-order valence-corrected chi connectivity index (χ4v) is 2.16. The predicted molar refractivity (Wildman–Crippen MR) is 79.6 cm³/mol. The van der Waals surface area contributed by atoms with Crippen LogP contribution in [0, 0.1) is 13.8 Å². The van der Waals surface area contributed by atoms with E-state index < -0.39 is 0 Å². The van der Waals surface area contributed by atoms with Crippen LogP contribution < -0.4 is 10.6 Å². The number of rotatable bonds is 5. The Bertz CT molecular complexity index is 620. The molecule has 5 heteroatoms. The van der Waals surface area contributed by atoms with Crippen molar-refractivity contribution in [2.24, 2.45) is 0 Å². The second-order valence-corrected chi connectivity index (χ2v) is 4.90. The summed E-state index contributed by atoms with van der Waals surface area (Å²) >= 11 is 0. The molecule has 2 amide bonds. The van der Waals surface area contributed by atoms with Crippen molar-refractivity contribution in [3.63, 3.8) is 0 Å². The number of carbonyl (C=O) groups excluding carboxylic acids is 1. The highest BCUT2D eigenvalue weighted by Crippen LogP contribution is 2.13. The molecule has 3 N–H and O–H groups in total. The molecule has 1 aromatic carbocycles. The van der Waals surface area contributed by atoms with Crippen LogP contribution in [0.5, 0.6) is 0 Å². The molecule has 112 valence electrons. The van der Waals surface area contributed by atoms with E-state index in [4.69, 9.17) is 4.42 Å². The number of furan rings is 1. The largest absolute Gasteiger partial charge is 0.466 e. The van der Waals surface area contributed by atoms with Crippen LogP contribution in [0.1, 0.15) is 28.2 Å². The molecule has 0 radical (unpaired) electrons. The highest BCUT2D eigenvalue weighted by Gasteiger charge is 2.07. The average Bonchev–Trinajstić information content (AvgIpc) is 2.81. The highest BCUT2D eigenvalue weighted by atomic mass is 16.3. The van der Waals surface area contributed by atoms with Gasteiger partial charge < -0.3 is 20.2 Å². The minimum Gasteiger partial charge on any atom is -0.466 e. The Morgan fingerprint density at radius 1 is 1.10 bits per heavy atom. The Balaban J connectivity index is 1.84. The first-order valence-electron chi connectivity index (χ1n) is 6.85. The van der Waals surface area contributed by atoms with Crippen molar-refractivity contribution in [2.75, 3.05) is 0 Å². The van der Waals surface area contributed by atoms with Gasteiger partial charge in [0.05, 0.1) is 6.61 Å². The molecule has 0 fully saturated rings. The first-order valence-corrected chi connectivity index (χ1v) is 6.85. The standard InChI is InChI=1S/C16H20N2O3/c1-11-7-15(12(2)21-11)9-18-16(20)17-8-13-5-3-4-6-14(13)10-19/h3-7,19H,8-10H2,1-2H3,(H2,17,18,20). The van der Waals surface area contributed by atoms with Gasteiger partial charge in [-0.25, -0.2) is 4.79 Å². The summed E-state index contributed by atoms with van der Waals surface area (Å²) in [6, 6.07) is 9.13. The molecule has 0 atom stereocenters. The Hall–Kier alpha value is -2.27. The molecule has 0 saturated heterocycles. The van der Waals surface area contributed by atoms with E-state index in [0.29, 0.717) is 13.1 Å². The zero-order valence-electron chi connectivity index (χ0n) is 12.3. The second-order valence-electron chi connectivity index (χ2n) is 4.90. The van der Waals surface area contributed by atoms with Crippen LogP contribution >= 0.6 is 0 Å². The Morgan fingerprint density at radius 3 is 2.29 bits per heavy atom. The van der Waals surface area contributed by atoms with Crippen molar-refractivity contribution in [3.05, 3.63) is 58.5 Å². The van der Waals surface area contributed by atoms with Crippen molar-refractivity contribution in [3.8, 4) is 0 Å². The van der Waals surface area contributed by atoms with E-state index in [1.165, 1.54) is 0 Å². The lowest BCUT2D eigenvalue weighted by Gasteiger charge is -2.10. The van der Waals surface area contributed by atoms with Crippen molar-refractivity contribution < 1.29 is 14.3 Å². The van der Waals surface area contributed by atoms with E-state index in [1.807, 2.05) is 44.2 Å². The highest BCUT2D eigenvalue weighted by molar-refractivity contribution is 5.73. The average molecular weight is 288 g/mol. The first-order chi connectivity index (χ1) is 10.1. The Kier molecular flexibility index (Phi) is 5.00. The zero-order valence-corrected chi connectivity index (χ0v) is 12.3. The lowest BCUT2D eigenvalue weighted by molar-refractivity contribution is 0.239. The lowest BCUT2D eigenvalue weighted by Crippen LogP contribution is -2.34. The Labute approximate surface area is 124 Å². The molecule has 2 aromatic rings. The van der Waals surface area contributed by atoms with Crippen LogP contribution in [0.15, 0.2) is 34.7 Å². The van der Waals surface area contributed by atoms with Gasteiger partial charge in [0.1, 0.15) is 11.5 Å². The van der Waals surface area contributed by atoms with Gasteiger partial charge in [-0.05, 0) is 31.0 Å². The van der Waals surface area contributed by atoms with Crippen molar-refractivity contribution >= 4 is 6.03 Å². The number of nitrogens with one attached hydrogen (secondary N) is 2. The van der Waals surface area contributed by atoms with Crippen LogP contribution in [0.25, 0.3) is 0 Å². The summed E-state index contributed by atoms with van der Waals surface area (Å²) in [4.78, 5) is 11.8. The van der Waals surface area contributed by atoms with Crippen LogP contribution in [0.4, 0.5) is 4.79 Å². The van der Waals surface area contributed by atoms with E-state index in [-0.39, 0.29) is 12.6 Å². The third kappa shape index (κ3) is 4.10. The van der Waals surface area contributed by atoms with Gasteiger partial charge in [0.15, 0.2) is 0 Å². The zero-order chi connectivity index (χ0) is 15.2. The van der Waals surface area contributed by atoms with Crippen molar-refractivity contribution in [2.45, 2.75) is 33.5 Å². The third-order valence-corrected chi connectivity index (χ3v) is 3.31. The van der Waals surface area contributed by atoms with Crippen molar-refractivity contribution in [1.29, 1.82) is 0 Å². The van der Waals surface area contributed by atoms with Crippen LogP contribution in [0.2, 0.25) is 0 Å². The number of hydrogen-bond acceptors (Lipinski definition) is 3. The van der Waals surface area contributed by atoms with E-state index in [9.17, 15) is 9.90 Å². The van der Waals surface area contributed by atoms with Gasteiger partial charge in [0, 0.05) is 18.7 Å². The molecular weight excluding hydrogens is 268 g/mol. The number of urea groups is 1. The number of aliphatic hydroxyl groups is 1. The summed E-state index contributed by atoms with van der Waals surface area (Å²) in [7, 11) is 0. The fourth-order valence-electron chi connectivity index (χ4n) is 2.16. The number of aryl methyl sites for hydroxylation is 2. The summed E-state index contributed by atoms with van der Waals surface area (Å²) in [5.74, 6) is 1.65. The summed E-state index contributed by atoms with van der Waals surface area (Å²) < 4.78 is 5.41. The maximum absolute atomic E-state index is 11.8. The molecule has 0 unspecified atom stereocenters. The first kappa shape index (κ1) is 15.1. The smallest absolute Gasteiger partial charge is 0.315 e. The minimum absolute atomic E-state index is 0.0348. The second kappa shape index (κ2) is 6.95. The van der Waals surface area contributed by atoms with Gasteiger partial charge in [0.25, 0.3) is 0 Å². The van der Waals surface area contributed by atoms with Gasteiger partial charge in [-0.1, -0.05) is 24.3 Å². The van der Waals surface area contributed by atoms with Gasteiger partial charge in [0.2, 0.25) is 0 Å². The van der Waals surface area contributed by atoms with Crippen LogP contribution in [-0.2, 0) is 19.7 Å². The van der Waals surface area contributed by atoms with Gasteiger partial charge in [-0.15, -0.1) is 0 Å². The number of amides is 2. The molecule has 0 aliphatic heterocycles. The molecule has 21 heavy (non-hydrogen) atoms. The molecule has 0 bridgehead atoms. The monoisotopic (exact) mass is 288 g/mol. The van der Waals surface area contributed by atoms with E-state index in [1.54, 1.807) is 0 Å². The molecule has 0 saturated carbocycles. The van der Waals surface area contributed by atoms with Crippen LogP contribution in [0.3, 0.4) is 0 Å². The molecule has 0 spiro atoms. The van der Waals surface area contributed by atoms with Gasteiger partial charge in [-0.2, -0.15) is 0 Å². The molecule has 0 aliphatic carbocycles. The van der Waals surface area contributed by atoms with Gasteiger partial charge in [-0.3, -0.25) is 0 Å². The SMILES string of the molecule is Cc1cc(CNC(=O)NCc2ccccc2CO)c(C)o1. The summed E-state index contributed by atoms with van der Waals surface area (Å²) in [5, 5.41) is 14.8. The summed E-state index contributed by atoms with van der Waals surface area (Å²) in [6.07, 6.45) is 0. The maximum Gasteiger partial charge on any atom is 0.315 e. The van der Waals surface area contributed by atoms with Crippen molar-refractivity contribution in [1.82, 2.24) is 10.6 Å². The summed E-state index contributed by atoms with van der Waals surface area (Å²) in [5.41, 5.74) is 2.70. The topological polar surface area (TPSA) is 74.5 Å². The Morgan fingerprint density at radius 2 is 1.71 bits per heavy atom. The van der Waals surface area contributed by atoms with Gasteiger partial charge >= 0.3 is 6.03 Å². The quantitative estimate of drug-likeness (QED) is 0.791. The minimum atomic E-state index is -0.249. The van der Waals surface area contributed by atoms with E-state index in [2.05, 4.69) is 10.6 Å². The maximum atomic E-state index is 11.8. The van der Waals surface area contributed by atoms with Crippen LogP contribution in [-0.4, -0.2) is 11.1 Å². The number of hydrogen-bond donors (Lipinski definition) is 3. The van der Waals surface area contributed by atoms with E-state index >= 15 is 0 Å². The molecule has 0 aliphatic rings. The predicted octanol–water partition coefficient (Wildman–Crippen LogP) is 2.39. The lowest BCUT2D eigenvalue weighted by atomic mass is 10.1. The molecule has 2 rings (SSSR count). The summed E-state index contributed by atoms with van der Waals surface area (Å²) in [6.45, 7) is 4.53. The fraction of sp³-hybridized carbons (Fsp3) is 0.312.